The Morgan fingerprint density at radius 2 is 1.71 bits per heavy atom. The van der Waals surface area contributed by atoms with E-state index in [4.69, 9.17) is 40.2 Å². The zero-order valence-electron chi connectivity index (χ0n) is 18.0. The van der Waals surface area contributed by atoms with Crippen LogP contribution in [0.5, 0.6) is 5.75 Å². The Balaban J connectivity index is 1.41. The molecule has 7 nitrogen and oxygen atoms in total. The summed E-state index contributed by atoms with van der Waals surface area (Å²) in [6.07, 6.45) is 1.47. The molecule has 1 aliphatic heterocycles. The number of carbonyl (C=O) groups is 3. The van der Waals surface area contributed by atoms with E-state index in [2.05, 4.69) is 10.6 Å². The Hall–Kier alpha value is -3.72. The molecule has 35 heavy (non-hydrogen) atoms. The van der Waals surface area contributed by atoms with E-state index < -0.39 is 11.8 Å². The van der Waals surface area contributed by atoms with Gasteiger partial charge in [-0.2, -0.15) is 0 Å². The van der Waals surface area contributed by atoms with Crippen LogP contribution in [0.25, 0.3) is 6.08 Å². The van der Waals surface area contributed by atoms with Crippen LogP contribution in [-0.4, -0.2) is 29.4 Å². The Labute approximate surface area is 216 Å². The average Bonchev–Trinajstić information content (AvgIpc) is 2.84. The number of ether oxygens (including phenoxy) is 1. The van der Waals surface area contributed by atoms with Gasteiger partial charge in [0.05, 0.1) is 15.7 Å². The Bertz CT molecular complexity index is 1340. The molecular formula is C25H17Cl2N3O4S. The summed E-state index contributed by atoms with van der Waals surface area (Å²) in [7, 11) is 0. The second-order valence-corrected chi connectivity index (χ2v) is 8.53. The monoisotopic (exact) mass is 525 g/mol. The summed E-state index contributed by atoms with van der Waals surface area (Å²) in [5, 5.41) is 5.94. The van der Waals surface area contributed by atoms with Crippen LogP contribution in [0.4, 0.5) is 11.4 Å². The lowest BCUT2D eigenvalue weighted by molar-refractivity contribution is -0.122. The van der Waals surface area contributed by atoms with Gasteiger partial charge >= 0.3 is 0 Å². The van der Waals surface area contributed by atoms with Crippen molar-refractivity contribution in [2.45, 2.75) is 0 Å². The van der Waals surface area contributed by atoms with Crippen molar-refractivity contribution < 1.29 is 19.1 Å². The minimum absolute atomic E-state index is 0.0197. The largest absolute Gasteiger partial charge is 0.484 e. The van der Waals surface area contributed by atoms with Gasteiger partial charge in [-0.25, -0.2) is 0 Å². The number of anilines is 2. The average molecular weight is 526 g/mol. The number of carbonyl (C=O) groups excluding carboxylic acids is 3. The number of rotatable bonds is 6. The summed E-state index contributed by atoms with van der Waals surface area (Å²) in [6, 6.07) is 20.2. The smallest absolute Gasteiger partial charge is 0.270 e. The van der Waals surface area contributed by atoms with Crippen molar-refractivity contribution in [3.8, 4) is 5.75 Å². The van der Waals surface area contributed by atoms with Gasteiger partial charge in [0.2, 0.25) is 0 Å². The molecule has 10 heteroatoms. The highest BCUT2D eigenvalue weighted by atomic mass is 35.5. The minimum atomic E-state index is -0.577. The molecule has 0 saturated carbocycles. The first kappa shape index (κ1) is 24.4. The standard InChI is InChI=1S/C25H17Cl2N3O4S/c26-20-11-8-16(13-21(20)27)28-22(31)14-34-18-9-6-15(7-10-18)12-19-23(32)29-25(35)30(24(19)33)17-4-2-1-3-5-17/h1-13H,14H2,(H,28,31)(H,29,32,35)/b19-12-. The van der Waals surface area contributed by atoms with Crippen LogP contribution in [0.3, 0.4) is 0 Å². The van der Waals surface area contributed by atoms with Gasteiger partial charge in [-0.05, 0) is 66.3 Å². The molecular weight excluding hydrogens is 509 g/mol. The van der Waals surface area contributed by atoms with Gasteiger partial charge in [0.25, 0.3) is 17.7 Å². The van der Waals surface area contributed by atoms with Crippen molar-refractivity contribution in [3.63, 3.8) is 0 Å². The number of nitrogens with one attached hydrogen (secondary N) is 2. The Morgan fingerprint density at radius 3 is 2.40 bits per heavy atom. The molecule has 3 amide bonds. The summed E-state index contributed by atoms with van der Waals surface area (Å²) >= 11 is 17.0. The van der Waals surface area contributed by atoms with Crippen LogP contribution in [0.2, 0.25) is 10.0 Å². The van der Waals surface area contributed by atoms with E-state index in [9.17, 15) is 14.4 Å². The number of thiocarbonyl (C=S) groups is 1. The number of nitrogens with zero attached hydrogens (tertiary/aromatic N) is 1. The number of benzene rings is 3. The van der Waals surface area contributed by atoms with E-state index in [1.165, 1.54) is 11.0 Å². The van der Waals surface area contributed by atoms with E-state index in [0.29, 0.717) is 32.7 Å². The first-order valence-corrected chi connectivity index (χ1v) is 11.4. The number of amides is 3. The van der Waals surface area contributed by atoms with Gasteiger partial charge in [0.1, 0.15) is 11.3 Å². The SMILES string of the molecule is O=C(COc1ccc(/C=C2/C(=O)NC(=S)N(c3ccccc3)C2=O)cc1)Nc1ccc(Cl)c(Cl)c1. The molecule has 0 aliphatic carbocycles. The van der Waals surface area contributed by atoms with Crippen molar-refractivity contribution in [1.29, 1.82) is 0 Å². The Kier molecular flexibility index (Phi) is 7.45. The maximum atomic E-state index is 13.0. The third-order valence-electron chi connectivity index (χ3n) is 4.88. The summed E-state index contributed by atoms with van der Waals surface area (Å²) in [6.45, 7) is -0.231. The topological polar surface area (TPSA) is 87.7 Å². The number of halogens is 2. The molecule has 3 aromatic rings. The second kappa shape index (κ2) is 10.7. The van der Waals surface area contributed by atoms with Crippen molar-refractivity contribution >= 4 is 75.7 Å². The maximum absolute atomic E-state index is 13.0. The first-order valence-electron chi connectivity index (χ1n) is 10.3. The van der Waals surface area contributed by atoms with Gasteiger partial charge in [-0.3, -0.25) is 24.6 Å². The zero-order valence-corrected chi connectivity index (χ0v) is 20.3. The van der Waals surface area contributed by atoms with E-state index >= 15 is 0 Å². The molecule has 4 rings (SSSR count). The fourth-order valence-corrected chi connectivity index (χ4v) is 3.79. The van der Waals surface area contributed by atoms with E-state index in [1.54, 1.807) is 66.7 Å². The Morgan fingerprint density at radius 1 is 1.00 bits per heavy atom. The third-order valence-corrected chi connectivity index (χ3v) is 5.90. The van der Waals surface area contributed by atoms with Crippen LogP contribution < -0.4 is 20.3 Å². The van der Waals surface area contributed by atoms with Crippen LogP contribution in [0.15, 0.2) is 78.4 Å². The molecule has 0 radical (unpaired) electrons. The van der Waals surface area contributed by atoms with Crippen LogP contribution in [0, 0.1) is 0 Å². The molecule has 0 aromatic heterocycles. The van der Waals surface area contributed by atoms with E-state index in [1.807, 2.05) is 6.07 Å². The van der Waals surface area contributed by atoms with E-state index in [0.717, 1.165) is 0 Å². The second-order valence-electron chi connectivity index (χ2n) is 7.33. The molecule has 0 atom stereocenters. The van der Waals surface area contributed by atoms with Crippen LogP contribution >= 0.6 is 35.4 Å². The normalized spacial score (nSPS) is 14.6. The van der Waals surface area contributed by atoms with Crippen molar-refractivity contribution in [1.82, 2.24) is 5.32 Å². The quantitative estimate of drug-likeness (QED) is 0.273. The van der Waals surface area contributed by atoms with Gasteiger partial charge in [-0.15, -0.1) is 0 Å². The number of hydrogen-bond donors (Lipinski definition) is 2. The molecule has 176 valence electrons. The van der Waals surface area contributed by atoms with E-state index in [-0.39, 0.29) is 23.2 Å². The van der Waals surface area contributed by atoms with Gasteiger partial charge in [0.15, 0.2) is 11.7 Å². The van der Waals surface area contributed by atoms with Gasteiger partial charge < -0.3 is 10.1 Å². The minimum Gasteiger partial charge on any atom is -0.484 e. The molecule has 0 spiro atoms. The third kappa shape index (κ3) is 5.86. The number of para-hydroxylation sites is 1. The number of hydrogen-bond acceptors (Lipinski definition) is 5. The lowest BCUT2D eigenvalue weighted by Gasteiger charge is -2.28. The predicted octanol–water partition coefficient (Wildman–Crippen LogP) is 4.84. The molecule has 1 aliphatic rings. The predicted molar refractivity (Wildman–Crippen MR) is 140 cm³/mol. The first-order chi connectivity index (χ1) is 16.8. The fraction of sp³-hybridized carbons (Fsp3) is 0.0400. The molecule has 2 N–H and O–H groups in total. The summed E-state index contributed by atoms with van der Waals surface area (Å²) in [5.74, 6) is -1.05. The molecule has 1 fully saturated rings. The molecule has 0 unspecified atom stereocenters. The highest BCUT2D eigenvalue weighted by Crippen LogP contribution is 2.25. The van der Waals surface area contributed by atoms with Gasteiger partial charge in [0, 0.05) is 5.69 Å². The molecule has 1 saturated heterocycles. The summed E-state index contributed by atoms with van der Waals surface area (Å²) in [4.78, 5) is 38.9. The molecule has 3 aromatic carbocycles. The fourth-order valence-electron chi connectivity index (χ4n) is 3.22. The molecule has 1 heterocycles. The van der Waals surface area contributed by atoms with Crippen LogP contribution in [-0.2, 0) is 14.4 Å². The lowest BCUT2D eigenvalue weighted by Crippen LogP contribution is -2.54. The summed E-state index contributed by atoms with van der Waals surface area (Å²) < 4.78 is 5.51. The van der Waals surface area contributed by atoms with Crippen molar-refractivity contribution in [2.75, 3.05) is 16.8 Å². The van der Waals surface area contributed by atoms with Crippen molar-refractivity contribution in [2.24, 2.45) is 0 Å². The highest BCUT2D eigenvalue weighted by molar-refractivity contribution is 7.80. The summed E-state index contributed by atoms with van der Waals surface area (Å²) in [5.41, 5.74) is 1.58. The lowest BCUT2D eigenvalue weighted by atomic mass is 10.1. The van der Waals surface area contributed by atoms with Crippen LogP contribution in [0.1, 0.15) is 5.56 Å². The van der Waals surface area contributed by atoms with Gasteiger partial charge in [-0.1, -0.05) is 53.5 Å². The highest BCUT2D eigenvalue weighted by Gasteiger charge is 2.34. The molecule has 0 bridgehead atoms. The van der Waals surface area contributed by atoms with Crippen molar-refractivity contribution in [3.05, 3.63) is 94.0 Å². The maximum Gasteiger partial charge on any atom is 0.270 e. The zero-order chi connectivity index (χ0) is 24.9.